The zero-order valence-corrected chi connectivity index (χ0v) is 20.1. The van der Waals surface area contributed by atoms with Gasteiger partial charge in [-0.2, -0.15) is 8.42 Å². The topological polar surface area (TPSA) is 75.2 Å². The molecule has 1 aliphatic carbocycles. The first kappa shape index (κ1) is 22.2. The Morgan fingerprint density at radius 2 is 1.70 bits per heavy atom. The molecular formula is C25H27ClN4O2S. The molecule has 0 bridgehead atoms. The monoisotopic (exact) mass is 482 g/mol. The van der Waals surface area contributed by atoms with Crippen molar-refractivity contribution >= 4 is 33.3 Å². The maximum atomic E-state index is 13.1. The van der Waals surface area contributed by atoms with Gasteiger partial charge < -0.3 is 4.90 Å². The molecule has 0 radical (unpaired) electrons. The third-order valence-corrected chi connectivity index (χ3v) is 7.97. The fourth-order valence-corrected chi connectivity index (χ4v) is 5.48. The number of hydrogen-bond acceptors (Lipinski definition) is 5. The van der Waals surface area contributed by atoms with Crippen LogP contribution in [0.1, 0.15) is 44.1 Å². The van der Waals surface area contributed by atoms with Crippen LogP contribution in [-0.2, 0) is 10.0 Å². The molecule has 3 heterocycles. The molecule has 172 valence electrons. The normalized spacial score (nSPS) is 17.2. The maximum absolute atomic E-state index is 13.1. The largest absolute Gasteiger partial charge is 0.357 e. The van der Waals surface area contributed by atoms with E-state index in [0.717, 1.165) is 44.3 Å². The number of nitrogens with one attached hydrogen (secondary N) is 1. The minimum atomic E-state index is -3.90. The van der Waals surface area contributed by atoms with E-state index >= 15 is 0 Å². The van der Waals surface area contributed by atoms with E-state index in [0.29, 0.717) is 28.4 Å². The van der Waals surface area contributed by atoms with E-state index in [1.54, 1.807) is 18.2 Å². The highest BCUT2D eigenvalue weighted by molar-refractivity contribution is 7.92. The average molecular weight is 483 g/mol. The second-order valence-electron chi connectivity index (χ2n) is 9.00. The number of hydrogen-bond donors (Lipinski definition) is 1. The van der Waals surface area contributed by atoms with E-state index in [9.17, 15) is 8.42 Å². The SMILES string of the molecule is CC1CCN(c2cccc(S(=O)(=O)Nc3ccc(Cl)c(-c4ccccc4C4CC4)n3)n2)CC1. The van der Waals surface area contributed by atoms with Crippen molar-refractivity contribution in [3.05, 3.63) is 65.2 Å². The minimum absolute atomic E-state index is 0.0182. The fraction of sp³-hybridized carbons (Fsp3) is 0.360. The molecule has 8 heteroatoms. The highest BCUT2D eigenvalue weighted by atomic mass is 35.5. The van der Waals surface area contributed by atoms with Crippen molar-refractivity contribution in [1.29, 1.82) is 0 Å². The molecule has 0 atom stereocenters. The Labute approximate surface area is 200 Å². The predicted molar refractivity (Wildman–Crippen MR) is 132 cm³/mol. The third-order valence-electron chi connectivity index (χ3n) is 6.41. The summed E-state index contributed by atoms with van der Waals surface area (Å²) in [5, 5.41) is 0.473. The molecule has 3 aromatic rings. The minimum Gasteiger partial charge on any atom is -0.357 e. The van der Waals surface area contributed by atoms with E-state index in [1.165, 1.54) is 11.6 Å². The van der Waals surface area contributed by atoms with Crippen LogP contribution in [0.5, 0.6) is 0 Å². The lowest BCUT2D eigenvalue weighted by molar-refractivity contribution is 0.436. The van der Waals surface area contributed by atoms with E-state index in [1.807, 2.05) is 24.3 Å². The van der Waals surface area contributed by atoms with Crippen molar-refractivity contribution in [3.63, 3.8) is 0 Å². The van der Waals surface area contributed by atoms with Gasteiger partial charge in [-0.1, -0.05) is 48.9 Å². The van der Waals surface area contributed by atoms with Crippen LogP contribution in [0.15, 0.2) is 59.6 Å². The van der Waals surface area contributed by atoms with Crippen LogP contribution in [-0.4, -0.2) is 31.5 Å². The van der Waals surface area contributed by atoms with Crippen molar-refractivity contribution in [2.45, 2.75) is 43.6 Å². The first-order valence-electron chi connectivity index (χ1n) is 11.4. The van der Waals surface area contributed by atoms with Crippen LogP contribution < -0.4 is 9.62 Å². The first-order valence-corrected chi connectivity index (χ1v) is 13.3. The van der Waals surface area contributed by atoms with Gasteiger partial charge in [0.2, 0.25) is 0 Å². The zero-order valence-electron chi connectivity index (χ0n) is 18.5. The Balaban J connectivity index is 1.42. The van der Waals surface area contributed by atoms with Gasteiger partial charge in [-0.05, 0) is 67.3 Å². The van der Waals surface area contributed by atoms with Gasteiger partial charge in [0.15, 0.2) is 5.03 Å². The molecule has 2 aromatic heterocycles. The molecule has 0 spiro atoms. The number of pyridine rings is 2. The van der Waals surface area contributed by atoms with Gasteiger partial charge in [0, 0.05) is 18.7 Å². The summed E-state index contributed by atoms with van der Waals surface area (Å²) in [6.45, 7) is 4.01. The Morgan fingerprint density at radius 3 is 2.45 bits per heavy atom. The van der Waals surface area contributed by atoms with Crippen molar-refractivity contribution < 1.29 is 8.42 Å². The van der Waals surface area contributed by atoms with E-state index in [4.69, 9.17) is 11.6 Å². The highest BCUT2D eigenvalue weighted by Gasteiger charge is 2.27. The molecule has 1 saturated heterocycles. The fourth-order valence-electron chi connectivity index (χ4n) is 4.31. The molecule has 6 nitrogen and oxygen atoms in total. The maximum Gasteiger partial charge on any atom is 0.280 e. The van der Waals surface area contributed by atoms with E-state index in [-0.39, 0.29) is 10.8 Å². The zero-order chi connectivity index (χ0) is 23.0. The van der Waals surface area contributed by atoms with Crippen molar-refractivity contribution in [2.75, 3.05) is 22.7 Å². The Kier molecular flexibility index (Phi) is 6.01. The van der Waals surface area contributed by atoms with Crippen LogP contribution in [0, 0.1) is 5.92 Å². The van der Waals surface area contributed by atoms with Gasteiger partial charge in [-0.3, -0.25) is 4.72 Å². The standard InChI is InChI=1S/C25H27ClN4O2S/c1-17-13-15-30(16-14-17)23-7-4-8-24(28-23)33(31,32)29-22-12-11-21(26)25(27-22)20-6-3-2-5-19(20)18-9-10-18/h2-8,11-12,17-18H,9-10,13-16H2,1H3,(H,27,29). The van der Waals surface area contributed by atoms with Crippen LogP contribution in [0.4, 0.5) is 11.6 Å². The lowest BCUT2D eigenvalue weighted by Crippen LogP contribution is -2.33. The van der Waals surface area contributed by atoms with Crippen LogP contribution >= 0.6 is 11.6 Å². The first-order chi connectivity index (χ1) is 15.9. The third kappa shape index (κ3) is 4.84. The summed E-state index contributed by atoms with van der Waals surface area (Å²) >= 11 is 6.48. The summed E-state index contributed by atoms with van der Waals surface area (Å²) in [5.74, 6) is 2.11. The summed E-state index contributed by atoms with van der Waals surface area (Å²) in [6, 6.07) is 16.4. The Hall–Kier alpha value is -2.64. The molecule has 0 amide bonds. The molecule has 33 heavy (non-hydrogen) atoms. The number of piperidine rings is 1. The average Bonchev–Trinajstić information content (AvgIpc) is 3.66. The number of benzene rings is 1. The van der Waals surface area contributed by atoms with E-state index in [2.05, 4.69) is 32.6 Å². The summed E-state index contributed by atoms with van der Waals surface area (Å²) < 4.78 is 28.9. The summed E-state index contributed by atoms with van der Waals surface area (Å²) in [7, 11) is -3.90. The number of rotatable bonds is 6. The number of nitrogens with zero attached hydrogens (tertiary/aromatic N) is 3. The molecule has 5 rings (SSSR count). The van der Waals surface area contributed by atoms with Crippen molar-refractivity contribution in [3.8, 4) is 11.3 Å². The van der Waals surface area contributed by atoms with Gasteiger partial charge in [0.25, 0.3) is 10.0 Å². The van der Waals surface area contributed by atoms with E-state index < -0.39 is 10.0 Å². The Bertz CT molecular complexity index is 1270. The van der Waals surface area contributed by atoms with Crippen LogP contribution in [0.25, 0.3) is 11.3 Å². The molecule has 1 saturated carbocycles. The molecule has 0 unspecified atom stereocenters. The number of halogens is 1. The molecule has 1 aliphatic heterocycles. The summed E-state index contributed by atoms with van der Waals surface area (Å²) in [5.41, 5.74) is 2.74. The van der Waals surface area contributed by atoms with Crippen LogP contribution in [0.2, 0.25) is 5.02 Å². The lowest BCUT2D eigenvalue weighted by Gasteiger charge is -2.31. The summed E-state index contributed by atoms with van der Waals surface area (Å²) in [6.07, 6.45) is 4.46. The molecule has 1 aromatic carbocycles. The highest BCUT2D eigenvalue weighted by Crippen LogP contribution is 2.45. The predicted octanol–water partition coefficient (Wildman–Crippen LogP) is 5.71. The molecular weight excluding hydrogens is 456 g/mol. The summed E-state index contributed by atoms with van der Waals surface area (Å²) in [4.78, 5) is 11.2. The van der Waals surface area contributed by atoms with Crippen molar-refractivity contribution in [1.82, 2.24) is 9.97 Å². The second-order valence-corrected chi connectivity index (χ2v) is 11.0. The van der Waals surface area contributed by atoms with Gasteiger partial charge in [-0.15, -0.1) is 0 Å². The van der Waals surface area contributed by atoms with Gasteiger partial charge in [-0.25, -0.2) is 9.97 Å². The smallest absolute Gasteiger partial charge is 0.280 e. The quantitative estimate of drug-likeness (QED) is 0.487. The van der Waals surface area contributed by atoms with Crippen molar-refractivity contribution in [2.24, 2.45) is 5.92 Å². The second kappa shape index (κ2) is 8.95. The number of anilines is 2. The lowest BCUT2D eigenvalue weighted by atomic mass is 9.99. The number of aromatic nitrogens is 2. The number of sulfonamides is 1. The van der Waals surface area contributed by atoms with Gasteiger partial charge in [0.05, 0.1) is 10.7 Å². The van der Waals surface area contributed by atoms with Gasteiger partial charge >= 0.3 is 0 Å². The molecule has 1 N–H and O–H groups in total. The molecule has 2 aliphatic rings. The van der Waals surface area contributed by atoms with Gasteiger partial charge in [0.1, 0.15) is 11.6 Å². The Morgan fingerprint density at radius 1 is 0.939 bits per heavy atom. The van der Waals surface area contributed by atoms with Crippen LogP contribution in [0.3, 0.4) is 0 Å². The molecule has 2 fully saturated rings.